The third-order valence-corrected chi connectivity index (χ3v) is 12.2. The van der Waals surface area contributed by atoms with Crippen LogP contribution in [0.25, 0.3) is 0 Å². The number of nitrogens with one attached hydrogen (secondary N) is 1. The molecule has 3 aliphatic heterocycles. The van der Waals surface area contributed by atoms with Crippen LogP contribution >= 0.6 is 0 Å². The van der Waals surface area contributed by atoms with Gasteiger partial charge in [0.1, 0.15) is 73.2 Å². The molecule has 1 amide bonds. The number of hydrogen-bond donors (Lipinski definition) is 12. The maximum absolute atomic E-state index is 13.1. The molecule has 0 aliphatic carbocycles. The van der Waals surface area contributed by atoms with Crippen LogP contribution in [-0.4, -0.2) is 193 Å². The number of hydrogen-bond acceptors (Lipinski definition) is 18. The summed E-state index contributed by atoms with van der Waals surface area (Å²) in [5, 5.41) is 119. The fourth-order valence-electron chi connectivity index (χ4n) is 8.19. The molecule has 0 radical (unpaired) electrons. The molecule has 19 heteroatoms. The Bertz CT molecular complexity index is 1170. The fourth-order valence-corrected chi connectivity index (χ4v) is 8.19. The highest BCUT2D eigenvalue weighted by atomic mass is 16.8. The van der Waals surface area contributed by atoms with Crippen molar-refractivity contribution in [3.8, 4) is 0 Å². The summed E-state index contributed by atoms with van der Waals surface area (Å²) in [4.78, 5) is 13.1. The Balaban J connectivity index is 1.58. The van der Waals surface area contributed by atoms with E-state index < -0.39 is 124 Å². The van der Waals surface area contributed by atoms with E-state index in [0.717, 1.165) is 57.8 Å². The van der Waals surface area contributed by atoms with Crippen molar-refractivity contribution in [3.63, 3.8) is 0 Å². The van der Waals surface area contributed by atoms with E-state index in [2.05, 4.69) is 19.2 Å². The van der Waals surface area contributed by atoms with Crippen LogP contribution in [0.3, 0.4) is 0 Å². The van der Waals surface area contributed by atoms with Gasteiger partial charge in [0.05, 0.1) is 38.6 Å². The number of carbonyl (C=O) groups excluding carboxylic acids is 1. The van der Waals surface area contributed by atoms with Gasteiger partial charge in [-0.25, -0.2) is 0 Å². The zero-order valence-corrected chi connectivity index (χ0v) is 36.9. The average Bonchev–Trinajstić information content (AvgIpc) is 3.26. The van der Waals surface area contributed by atoms with Crippen LogP contribution in [0.5, 0.6) is 0 Å². The minimum atomic E-state index is -1.96. The molecule has 19 nitrogen and oxygen atoms in total. The van der Waals surface area contributed by atoms with Gasteiger partial charge in [-0.3, -0.25) is 4.79 Å². The van der Waals surface area contributed by atoms with Crippen LogP contribution in [0, 0.1) is 0 Å². The lowest BCUT2D eigenvalue weighted by Gasteiger charge is -2.48. The van der Waals surface area contributed by atoms with Gasteiger partial charge in [0.25, 0.3) is 0 Å². The van der Waals surface area contributed by atoms with Crippen molar-refractivity contribution in [2.75, 3.05) is 26.4 Å². The summed E-state index contributed by atoms with van der Waals surface area (Å²) in [6, 6.07) is -0.874. The molecule has 366 valence electrons. The summed E-state index contributed by atoms with van der Waals surface area (Å²) in [6.07, 6.45) is -7.31. The van der Waals surface area contributed by atoms with Gasteiger partial charge in [-0.1, -0.05) is 117 Å². The highest BCUT2D eigenvalue weighted by Gasteiger charge is 2.53. The molecule has 0 spiro atoms. The molecule has 3 fully saturated rings. The summed E-state index contributed by atoms with van der Waals surface area (Å²) in [7, 11) is 0. The molecule has 3 heterocycles. The summed E-state index contributed by atoms with van der Waals surface area (Å²) in [5.74, 6) is -0.251. The van der Waals surface area contributed by atoms with Crippen LogP contribution in [0.2, 0.25) is 0 Å². The van der Waals surface area contributed by atoms with Crippen molar-refractivity contribution in [1.82, 2.24) is 5.32 Å². The first kappa shape index (κ1) is 55.1. The van der Waals surface area contributed by atoms with E-state index >= 15 is 0 Å². The van der Waals surface area contributed by atoms with Gasteiger partial charge >= 0.3 is 0 Å². The van der Waals surface area contributed by atoms with Crippen LogP contribution in [-0.2, 0) is 33.2 Å². The topological polar surface area (TPSA) is 307 Å². The minimum absolute atomic E-state index is 0.251. The van der Waals surface area contributed by atoms with Crippen molar-refractivity contribution in [1.29, 1.82) is 0 Å². The Morgan fingerprint density at radius 1 is 0.516 bits per heavy atom. The molecule has 0 aromatic heterocycles. The summed E-state index contributed by atoms with van der Waals surface area (Å²) >= 11 is 0. The van der Waals surface area contributed by atoms with E-state index in [9.17, 15) is 61.0 Å². The van der Waals surface area contributed by atoms with E-state index in [1.807, 2.05) is 0 Å². The molecule has 3 aliphatic rings. The highest BCUT2D eigenvalue weighted by molar-refractivity contribution is 5.76. The predicted molar refractivity (Wildman–Crippen MR) is 222 cm³/mol. The first-order valence-electron chi connectivity index (χ1n) is 23.3. The number of aliphatic hydroxyl groups excluding tert-OH is 11. The quantitative estimate of drug-likeness (QED) is 0.0399. The number of ether oxygens (including phenoxy) is 6. The summed E-state index contributed by atoms with van der Waals surface area (Å²) in [5.41, 5.74) is 0. The van der Waals surface area contributed by atoms with Crippen molar-refractivity contribution in [3.05, 3.63) is 0 Å². The number of carbonyl (C=O) groups is 1. The van der Waals surface area contributed by atoms with Crippen LogP contribution in [0.1, 0.15) is 136 Å². The van der Waals surface area contributed by atoms with Crippen molar-refractivity contribution >= 4 is 5.91 Å². The number of aliphatic hydroxyl groups is 11. The number of rotatable bonds is 31. The van der Waals surface area contributed by atoms with Gasteiger partial charge in [-0.05, 0) is 12.8 Å². The maximum atomic E-state index is 13.1. The van der Waals surface area contributed by atoms with Crippen LogP contribution < -0.4 is 5.32 Å². The second-order valence-electron chi connectivity index (χ2n) is 17.2. The third kappa shape index (κ3) is 17.2. The molecule has 12 N–H and O–H groups in total. The Morgan fingerprint density at radius 2 is 0.919 bits per heavy atom. The smallest absolute Gasteiger partial charge is 0.220 e. The SMILES string of the molecule is CCCCCCCCCCCCC(=O)NC(COC1OC(CO)C(OC2OC(CO)C(OC3OC(CO)C(O)C(O)C3O)C(O)C2O)C(O)C1O)C(O)CCCCCCCCC. The first-order valence-corrected chi connectivity index (χ1v) is 23.3. The molecule has 0 bridgehead atoms. The standard InChI is InChI=1S/C43H81NO18/c1-3-5-7-9-11-12-13-15-17-19-21-31(49)44-26(27(48)20-18-16-14-10-8-6-4-2)25-57-41-37(55)34(52)39(29(23-46)59-41)62-43-38(56)35(53)40(30(24-47)60-43)61-42-36(54)33(51)32(50)28(22-45)58-42/h26-30,32-43,45-48,50-56H,3-25H2,1-2H3,(H,44,49). The summed E-state index contributed by atoms with van der Waals surface area (Å²) < 4.78 is 34.0. The van der Waals surface area contributed by atoms with Gasteiger partial charge in [-0.2, -0.15) is 0 Å². The van der Waals surface area contributed by atoms with Crippen molar-refractivity contribution in [2.24, 2.45) is 0 Å². The lowest BCUT2D eigenvalue weighted by Crippen LogP contribution is -2.66. The molecule has 17 unspecified atom stereocenters. The predicted octanol–water partition coefficient (Wildman–Crippen LogP) is -0.251. The lowest BCUT2D eigenvalue weighted by atomic mass is 9.96. The van der Waals surface area contributed by atoms with Gasteiger partial charge in [0.15, 0.2) is 18.9 Å². The zero-order chi connectivity index (χ0) is 45.6. The Kier molecular flexibility index (Phi) is 26.8. The van der Waals surface area contributed by atoms with E-state index in [1.165, 1.54) is 44.9 Å². The Labute approximate surface area is 366 Å². The fraction of sp³-hybridized carbons (Fsp3) is 0.977. The zero-order valence-electron chi connectivity index (χ0n) is 36.9. The largest absolute Gasteiger partial charge is 0.394 e. The van der Waals surface area contributed by atoms with E-state index in [0.29, 0.717) is 12.8 Å². The van der Waals surface area contributed by atoms with E-state index in [1.54, 1.807) is 0 Å². The molecule has 0 saturated carbocycles. The molecule has 3 saturated heterocycles. The molecule has 0 aromatic carbocycles. The molecular formula is C43H81NO18. The first-order chi connectivity index (χ1) is 29.8. The van der Waals surface area contributed by atoms with E-state index in [4.69, 9.17) is 28.4 Å². The van der Waals surface area contributed by atoms with Gasteiger partial charge in [-0.15, -0.1) is 0 Å². The number of amides is 1. The molecular weight excluding hydrogens is 818 g/mol. The Hall–Kier alpha value is -1.21. The lowest BCUT2D eigenvalue weighted by molar-refractivity contribution is -0.379. The van der Waals surface area contributed by atoms with Gasteiger partial charge < -0.3 is 89.9 Å². The maximum Gasteiger partial charge on any atom is 0.220 e. The summed E-state index contributed by atoms with van der Waals surface area (Å²) in [6.45, 7) is 1.66. The monoisotopic (exact) mass is 900 g/mol. The second-order valence-corrected chi connectivity index (χ2v) is 17.2. The van der Waals surface area contributed by atoms with Gasteiger partial charge in [0.2, 0.25) is 5.91 Å². The molecule has 3 rings (SSSR count). The van der Waals surface area contributed by atoms with Crippen LogP contribution in [0.15, 0.2) is 0 Å². The molecule has 17 atom stereocenters. The number of unbranched alkanes of at least 4 members (excludes halogenated alkanes) is 15. The van der Waals surface area contributed by atoms with Crippen LogP contribution in [0.4, 0.5) is 0 Å². The molecule has 62 heavy (non-hydrogen) atoms. The average molecular weight is 900 g/mol. The third-order valence-electron chi connectivity index (χ3n) is 12.2. The van der Waals surface area contributed by atoms with Crippen molar-refractivity contribution < 1.29 is 89.4 Å². The minimum Gasteiger partial charge on any atom is -0.394 e. The van der Waals surface area contributed by atoms with E-state index in [-0.39, 0.29) is 18.9 Å². The molecule has 0 aromatic rings. The highest BCUT2D eigenvalue weighted by Crippen LogP contribution is 2.33. The normalized spacial score (nSPS) is 35.1. The van der Waals surface area contributed by atoms with Crippen molar-refractivity contribution in [2.45, 2.75) is 240 Å². The second kappa shape index (κ2) is 30.1. The van der Waals surface area contributed by atoms with Gasteiger partial charge in [0, 0.05) is 6.42 Å². The Morgan fingerprint density at radius 3 is 1.40 bits per heavy atom.